The van der Waals surface area contributed by atoms with E-state index in [2.05, 4.69) is 0 Å². The monoisotopic (exact) mass is 280 g/mol. The predicted molar refractivity (Wildman–Crippen MR) is 77.4 cm³/mol. The molecular formula is C16H24O4. The van der Waals surface area contributed by atoms with Gasteiger partial charge in [-0.05, 0) is 49.3 Å². The zero-order valence-corrected chi connectivity index (χ0v) is 12.3. The third-order valence-electron chi connectivity index (χ3n) is 3.87. The van der Waals surface area contributed by atoms with Gasteiger partial charge in [-0.3, -0.25) is 0 Å². The Kier molecular flexibility index (Phi) is 5.68. The highest BCUT2D eigenvalue weighted by atomic mass is 16.5. The molecule has 1 aromatic carbocycles. The first kappa shape index (κ1) is 15.1. The molecule has 1 N–H and O–H groups in total. The summed E-state index contributed by atoms with van der Waals surface area (Å²) in [4.78, 5) is 0. The first-order valence-corrected chi connectivity index (χ1v) is 7.19. The van der Waals surface area contributed by atoms with Gasteiger partial charge in [-0.2, -0.15) is 0 Å². The minimum atomic E-state index is -0.309. The molecule has 0 amide bonds. The molecule has 0 bridgehead atoms. The van der Waals surface area contributed by atoms with Crippen LogP contribution in [0.1, 0.15) is 24.8 Å². The Morgan fingerprint density at radius 2 is 1.90 bits per heavy atom. The van der Waals surface area contributed by atoms with Gasteiger partial charge in [0.05, 0.1) is 20.3 Å². The van der Waals surface area contributed by atoms with Gasteiger partial charge >= 0.3 is 0 Å². The number of aliphatic hydroxyl groups excluding tert-OH is 1. The van der Waals surface area contributed by atoms with E-state index in [4.69, 9.17) is 14.2 Å². The van der Waals surface area contributed by atoms with E-state index in [0.717, 1.165) is 43.8 Å². The second-order valence-corrected chi connectivity index (χ2v) is 5.34. The van der Waals surface area contributed by atoms with Crippen LogP contribution in [0, 0.1) is 5.92 Å². The molecule has 0 aromatic heterocycles. The van der Waals surface area contributed by atoms with Gasteiger partial charge in [0.25, 0.3) is 0 Å². The van der Waals surface area contributed by atoms with Gasteiger partial charge in [-0.25, -0.2) is 0 Å². The van der Waals surface area contributed by atoms with Crippen molar-refractivity contribution in [2.45, 2.75) is 31.8 Å². The summed E-state index contributed by atoms with van der Waals surface area (Å²) in [6.45, 7) is 1.65. The van der Waals surface area contributed by atoms with Crippen LogP contribution in [0.25, 0.3) is 0 Å². The number of ether oxygens (including phenoxy) is 3. The lowest BCUT2D eigenvalue weighted by molar-refractivity contribution is 0.0439. The summed E-state index contributed by atoms with van der Waals surface area (Å²) in [5, 5.41) is 10.2. The van der Waals surface area contributed by atoms with Crippen LogP contribution >= 0.6 is 0 Å². The fourth-order valence-corrected chi connectivity index (χ4v) is 2.73. The molecule has 0 radical (unpaired) electrons. The number of hydrogen-bond donors (Lipinski definition) is 1. The molecule has 112 valence electrons. The standard InChI is InChI=1S/C16H24O4/c1-18-15-4-3-13(11-16(15)19-2)10-14(17)9-12-5-7-20-8-6-12/h3-4,11-12,14,17H,5-10H2,1-2H3. The third kappa shape index (κ3) is 4.12. The molecule has 1 heterocycles. The van der Waals surface area contributed by atoms with Crippen LogP contribution in [0.3, 0.4) is 0 Å². The molecule has 1 aromatic rings. The summed E-state index contributed by atoms with van der Waals surface area (Å²) in [5.74, 6) is 2.01. The maximum atomic E-state index is 10.2. The van der Waals surface area contributed by atoms with E-state index in [1.807, 2.05) is 18.2 Å². The second kappa shape index (κ2) is 7.50. The molecule has 4 heteroatoms. The lowest BCUT2D eigenvalue weighted by atomic mass is 9.91. The number of aliphatic hydroxyl groups is 1. The topological polar surface area (TPSA) is 47.9 Å². The highest BCUT2D eigenvalue weighted by Gasteiger charge is 2.18. The molecule has 1 aliphatic rings. The van der Waals surface area contributed by atoms with E-state index in [-0.39, 0.29) is 6.10 Å². The Morgan fingerprint density at radius 3 is 2.55 bits per heavy atom. The van der Waals surface area contributed by atoms with Crippen molar-refractivity contribution < 1.29 is 19.3 Å². The summed E-state index contributed by atoms with van der Waals surface area (Å²) in [6.07, 6.45) is 3.30. The van der Waals surface area contributed by atoms with Crippen molar-refractivity contribution in [3.63, 3.8) is 0 Å². The SMILES string of the molecule is COc1ccc(CC(O)CC2CCOCC2)cc1OC. The van der Waals surface area contributed by atoms with E-state index in [0.29, 0.717) is 18.1 Å². The minimum absolute atomic E-state index is 0.309. The molecular weight excluding hydrogens is 256 g/mol. The fourth-order valence-electron chi connectivity index (χ4n) is 2.73. The van der Waals surface area contributed by atoms with Crippen molar-refractivity contribution in [3.05, 3.63) is 23.8 Å². The van der Waals surface area contributed by atoms with Crippen LogP contribution in [0.2, 0.25) is 0 Å². The first-order valence-electron chi connectivity index (χ1n) is 7.19. The number of methoxy groups -OCH3 is 2. The van der Waals surface area contributed by atoms with Crippen molar-refractivity contribution in [3.8, 4) is 11.5 Å². The molecule has 0 aliphatic carbocycles. The molecule has 1 atom stereocenters. The smallest absolute Gasteiger partial charge is 0.160 e. The highest BCUT2D eigenvalue weighted by molar-refractivity contribution is 5.43. The Bertz CT molecular complexity index is 413. The van der Waals surface area contributed by atoms with Crippen molar-refractivity contribution in [1.82, 2.24) is 0 Å². The quantitative estimate of drug-likeness (QED) is 0.869. The van der Waals surface area contributed by atoms with Crippen LogP contribution in [0.5, 0.6) is 11.5 Å². The molecule has 4 nitrogen and oxygen atoms in total. The fraction of sp³-hybridized carbons (Fsp3) is 0.625. The lowest BCUT2D eigenvalue weighted by Gasteiger charge is -2.24. The second-order valence-electron chi connectivity index (χ2n) is 5.34. The number of rotatable bonds is 6. The molecule has 1 saturated heterocycles. The molecule has 0 spiro atoms. The van der Waals surface area contributed by atoms with E-state index >= 15 is 0 Å². The average Bonchev–Trinajstić information content (AvgIpc) is 2.48. The van der Waals surface area contributed by atoms with Crippen molar-refractivity contribution >= 4 is 0 Å². The summed E-state index contributed by atoms with van der Waals surface area (Å²) < 4.78 is 15.8. The minimum Gasteiger partial charge on any atom is -0.493 e. The van der Waals surface area contributed by atoms with Crippen molar-refractivity contribution in [2.75, 3.05) is 27.4 Å². The Labute approximate surface area is 120 Å². The van der Waals surface area contributed by atoms with Crippen LogP contribution in [0.15, 0.2) is 18.2 Å². The lowest BCUT2D eigenvalue weighted by Crippen LogP contribution is -2.22. The van der Waals surface area contributed by atoms with Crippen LogP contribution < -0.4 is 9.47 Å². The van der Waals surface area contributed by atoms with Crippen LogP contribution in [-0.2, 0) is 11.2 Å². The normalized spacial score (nSPS) is 17.8. The predicted octanol–water partition coefficient (Wildman–Crippen LogP) is 2.42. The summed E-state index contributed by atoms with van der Waals surface area (Å²) in [5.41, 5.74) is 1.07. The summed E-state index contributed by atoms with van der Waals surface area (Å²) >= 11 is 0. The van der Waals surface area contributed by atoms with Gasteiger partial charge in [0.1, 0.15) is 0 Å². The van der Waals surface area contributed by atoms with E-state index < -0.39 is 0 Å². The molecule has 20 heavy (non-hydrogen) atoms. The van der Waals surface area contributed by atoms with Gasteiger partial charge in [-0.1, -0.05) is 6.07 Å². The van der Waals surface area contributed by atoms with Gasteiger partial charge < -0.3 is 19.3 Å². The maximum absolute atomic E-state index is 10.2. The molecule has 1 aliphatic heterocycles. The number of hydrogen-bond acceptors (Lipinski definition) is 4. The maximum Gasteiger partial charge on any atom is 0.160 e. The number of benzene rings is 1. The van der Waals surface area contributed by atoms with E-state index in [9.17, 15) is 5.11 Å². The van der Waals surface area contributed by atoms with Gasteiger partial charge in [0.15, 0.2) is 11.5 Å². The summed E-state index contributed by atoms with van der Waals surface area (Å²) in [7, 11) is 3.25. The molecule has 1 unspecified atom stereocenters. The average molecular weight is 280 g/mol. The van der Waals surface area contributed by atoms with E-state index in [1.165, 1.54) is 0 Å². The van der Waals surface area contributed by atoms with Crippen molar-refractivity contribution in [1.29, 1.82) is 0 Å². The zero-order valence-electron chi connectivity index (χ0n) is 12.3. The first-order chi connectivity index (χ1) is 9.72. The van der Waals surface area contributed by atoms with E-state index in [1.54, 1.807) is 14.2 Å². The van der Waals surface area contributed by atoms with Gasteiger partial charge in [0.2, 0.25) is 0 Å². The Morgan fingerprint density at radius 1 is 1.20 bits per heavy atom. The van der Waals surface area contributed by atoms with Crippen molar-refractivity contribution in [2.24, 2.45) is 5.92 Å². The largest absolute Gasteiger partial charge is 0.493 e. The molecule has 1 fully saturated rings. The van der Waals surface area contributed by atoms with Crippen LogP contribution in [0.4, 0.5) is 0 Å². The Hall–Kier alpha value is -1.26. The van der Waals surface area contributed by atoms with Gasteiger partial charge in [-0.15, -0.1) is 0 Å². The van der Waals surface area contributed by atoms with Crippen LogP contribution in [-0.4, -0.2) is 38.6 Å². The highest BCUT2D eigenvalue weighted by Crippen LogP contribution is 2.29. The molecule has 0 saturated carbocycles. The third-order valence-corrected chi connectivity index (χ3v) is 3.87. The zero-order chi connectivity index (χ0) is 14.4. The Balaban J connectivity index is 1.91. The molecule has 2 rings (SSSR count). The van der Waals surface area contributed by atoms with Gasteiger partial charge in [0, 0.05) is 13.2 Å². The summed E-state index contributed by atoms with van der Waals surface area (Å²) in [6, 6.07) is 5.80.